The molecule has 0 aromatic heterocycles. The van der Waals surface area contributed by atoms with Gasteiger partial charge >= 0.3 is 0 Å². The van der Waals surface area contributed by atoms with E-state index in [1.54, 1.807) is 6.92 Å². The number of allylic oxidation sites excluding steroid dienone is 2. The molecule has 0 spiro atoms. The van der Waals surface area contributed by atoms with E-state index in [0.717, 1.165) is 23.9 Å². The zero-order chi connectivity index (χ0) is 15.0. The van der Waals surface area contributed by atoms with Gasteiger partial charge in [-0.3, -0.25) is 9.28 Å². The van der Waals surface area contributed by atoms with Crippen LogP contribution in [0.15, 0.2) is 24.6 Å². The number of nitrogens with zero attached hydrogens (tertiary/aromatic N) is 1. The molecule has 0 aliphatic carbocycles. The summed E-state index contributed by atoms with van der Waals surface area (Å²) in [5.41, 5.74) is 0. The Bertz CT molecular complexity index is 365. The molecule has 0 aromatic rings. The molecule has 0 saturated heterocycles. The van der Waals surface area contributed by atoms with Crippen LogP contribution in [0.2, 0.25) is 0 Å². The van der Waals surface area contributed by atoms with Gasteiger partial charge in [-0.1, -0.05) is 12.2 Å². The van der Waals surface area contributed by atoms with Crippen molar-refractivity contribution in [2.75, 3.05) is 6.54 Å². The lowest BCUT2D eigenvalue weighted by Gasteiger charge is -2.41. The van der Waals surface area contributed by atoms with Gasteiger partial charge in [0.05, 0.1) is 12.7 Å². The lowest BCUT2D eigenvalue weighted by Crippen LogP contribution is -2.62. The van der Waals surface area contributed by atoms with Gasteiger partial charge in [0, 0.05) is 20.3 Å². The first-order valence-electron chi connectivity index (χ1n) is 7.76. The van der Waals surface area contributed by atoms with Crippen LogP contribution in [0.1, 0.15) is 53.4 Å². The number of amides is 1. The van der Waals surface area contributed by atoms with Crippen LogP contribution in [0.5, 0.6) is 0 Å². The molecule has 1 heterocycles. The Kier molecular flexibility index (Phi) is 6.79. The Morgan fingerprint density at radius 2 is 2.25 bits per heavy atom. The molecule has 4 nitrogen and oxygen atoms in total. The summed E-state index contributed by atoms with van der Waals surface area (Å²) < 4.78 is 0.795. The normalized spacial score (nSPS) is 26.7. The zero-order valence-electron chi connectivity index (χ0n) is 13.4. The quantitative estimate of drug-likeness (QED) is 0.408. The number of quaternary nitrogens is 1. The van der Waals surface area contributed by atoms with E-state index in [-0.39, 0.29) is 12.1 Å². The molecule has 3 atom stereocenters. The molecule has 3 unspecified atom stereocenters. The molecule has 0 saturated carbocycles. The minimum Gasteiger partial charge on any atom is -0.338 e. The third-order valence-electron chi connectivity index (χ3n) is 4.24. The number of hydrogen-bond donors (Lipinski definition) is 2. The van der Waals surface area contributed by atoms with E-state index in [1.165, 1.54) is 12.8 Å². The molecule has 20 heavy (non-hydrogen) atoms. The van der Waals surface area contributed by atoms with Gasteiger partial charge < -0.3 is 10.6 Å². The summed E-state index contributed by atoms with van der Waals surface area (Å²) in [5.74, 6) is 0.0376. The van der Waals surface area contributed by atoms with Crippen LogP contribution in [0, 0.1) is 0 Å². The molecule has 0 aromatic carbocycles. The topological polar surface area (TPSA) is 41.1 Å². The van der Waals surface area contributed by atoms with Crippen molar-refractivity contribution in [3.8, 4) is 0 Å². The van der Waals surface area contributed by atoms with Crippen LogP contribution < -0.4 is 10.6 Å². The van der Waals surface area contributed by atoms with E-state index in [1.807, 2.05) is 6.20 Å². The first kappa shape index (κ1) is 16.8. The van der Waals surface area contributed by atoms with Gasteiger partial charge in [0.1, 0.15) is 6.20 Å². The maximum atomic E-state index is 11.3. The van der Waals surface area contributed by atoms with E-state index in [2.05, 4.69) is 49.8 Å². The molecular formula is C16H30N3O+. The largest absolute Gasteiger partial charge is 0.338 e. The lowest BCUT2D eigenvalue weighted by molar-refractivity contribution is -0.923. The Labute approximate surface area is 123 Å². The second-order valence-corrected chi connectivity index (χ2v) is 5.54. The molecule has 0 fully saturated rings. The van der Waals surface area contributed by atoms with Crippen molar-refractivity contribution in [2.45, 2.75) is 65.7 Å². The fourth-order valence-electron chi connectivity index (χ4n) is 3.04. The second kappa shape index (κ2) is 8.10. The summed E-state index contributed by atoms with van der Waals surface area (Å²) in [6.45, 7) is 8.90. The minimum absolute atomic E-state index is 0.0376. The smallest absolute Gasteiger partial charge is 0.221 e. The van der Waals surface area contributed by atoms with Crippen LogP contribution in [0.3, 0.4) is 0 Å². The molecular weight excluding hydrogens is 250 g/mol. The van der Waals surface area contributed by atoms with Crippen LogP contribution in [0.4, 0.5) is 0 Å². The third kappa shape index (κ3) is 4.10. The predicted octanol–water partition coefficient (Wildman–Crippen LogP) is 2.84. The maximum Gasteiger partial charge on any atom is 0.221 e. The second-order valence-electron chi connectivity index (χ2n) is 5.54. The van der Waals surface area contributed by atoms with Gasteiger partial charge in [-0.25, -0.2) is 0 Å². The molecule has 1 amide bonds. The lowest BCUT2D eigenvalue weighted by atomic mass is 10.1. The minimum atomic E-state index is 0.0376. The van der Waals surface area contributed by atoms with Crippen molar-refractivity contribution < 1.29 is 9.28 Å². The van der Waals surface area contributed by atoms with Gasteiger partial charge in [-0.05, 0) is 33.1 Å². The standard InChI is InChI=1S/C16H29N3O/c1-5-7-8-9-10-11-16-17-12-13-19(16,6-2)14(3)18-15(4)20/h5,7,12-14,16-17H,6,8-11H2,1-4H3/p+1/b7-5+. The Hall–Kier alpha value is -1.29. The average molecular weight is 280 g/mol. The number of unbranched alkanes of at least 4 members (excludes halogenated alkanes) is 2. The number of carbonyl (C=O) groups is 1. The SMILES string of the molecule is C/C=C/CCCCC1NC=C[N+]1(CC)C(C)NC(C)=O. The van der Waals surface area contributed by atoms with Crippen molar-refractivity contribution in [2.24, 2.45) is 0 Å². The van der Waals surface area contributed by atoms with Crippen LogP contribution >= 0.6 is 0 Å². The van der Waals surface area contributed by atoms with Gasteiger partial charge in [-0.2, -0.15) is 0 Å². The summed E-state index contributed by atoms with van der Waals surface area (Å²) in [6.07, 6.45) is 13.7. The van der Waals surface area contributed by atoms with E-state index in [4.69, 9.17) is 0 Å². The molecule has 1 aliphatic heterocycles. The summed E-state index contributed by atoms with van der Waals surface area (Å²) >= 11 is 0. The van der Waals surface area contributed by atoms with Crippen molar-refractivity contribution in [1.29, 1.82) is 0 Å². The average Bonchev–Trinajstić information content (AvgIpc) is 2.82. The molecule has 0 bridgehead atoms. The van der Waals surface area contributed by atoms with Crippen molar-refractivity contribution in [3.63, 3.8) is 0 Å². The van der Waals surface area contributed by atoms with E-state index < -0.39 is 0 Å². The highest BCUT2D eigenvalue weighted by atomic mass is 16.1. The van der Waals surface area contributed by atoms with Crippen molar-refractivity contribution in [3.05, 3.63) is 24.6 Å². The molecule has 1 aliphatic rings. The number of rotatable bonds is 8. The zero-order valence-corrected chi connectivity index (χ0v) is 13.4. The highest BCUT2D eigenvalue weighted by Crippen LogP contribution is 2.25. The Morgan fingerprint density at radius 1 is 1.50 bits per heavy atom. The number of hydrogen-bond acceptors (Lipinski definition) is 2. The Morgan fingerprint density at radius 3 is 2.85 bits per heavy atom. The molecule has 0 radical (unpaired) electrons. The molecule has 4 heteroatoms. The maximum absolute atomic E-state index is 11.3. The van der Waals surface area contributed by atoms with Crippen LogP contribution in [0.25, 0.3) is 0 Å². The van der Waals surface area contributed by atoms with Crippen molar-refractivity contribution >= 4 is 5.91 Å². The summed E-state index contributed by atoms with van der Waals surface area (Å²) in [6, 6.07) is 0. The monoisotopic (exact) mass is 280 g/mol. The van der Waals surface area contributed by atoms with Gasteiger partial charge in [0.2, 0.25) is 5.91 Å². The first-order chi connectivity index (χ1) is 9.56. The fourth-order valence-corrected chi connectivity index (χ4v) is 3.04. The number of nitrogens with one attached hydrogen (secondary N) is 2. The number of carbonyl (C=O) groups excluding carboxylic acids is 1. The molecule has 2 N–H and O–H groups in total. The Balaban J connectivity index is 2.58. The van der Waals surface area contributed by atoms with E-state index >= 15 is 0 Å². The predicted molar refractivity (Wildman–Crippen MR) is 83.4 cm³/mol. The molecule has 1 rings (SSSR count). The van der Waals surface area contributed by atoms with Crippen LogP contribution in [-0.2, 0) is 4.79 Å². The summed E-state index contributed by atoms with van der Waals surface area (Å²) in [7, 11) is 0. The van der Waals surface area contributed by atoms with Gasteiger partial charge in [-0.15, -0.1) is 0 Å². The summed E-state index contributed by atoms with van der Waals surface area (Å²) in [4.78, 5) is 11.3. The summed E-state index contributed by atoms with van der Waals surface area (Å²) in [5, 5.41) is 6.51. The first-order valence-corrected chi connectivity index (χ1v) is 7.76. The van der Waals surface area contributed by atoms with E-state index in [0.29, 0.717) is 6.17 Å². The third-order valence-corrected chi connectivity index (χ3v) is 4.24. The highest BCUT2D eigenvalue weighted by molar-refractivity contribution is 5.72. The molecule has 114 valence electrons. The van der Waals surface area contributed by atoms with Crippen LogP contribution in [-0.4, -0.2) is 29.3 Å². The fraction of sp³-hybridized carbons (Fsp3) is 0.688. The van der Waals surface area contributed by atoms with Gasteiger partial charge in [0.25, 0.3) is 0 Å². The van der Waals surface area contributed by atoms with Gasteiger partial charge in [0.15, 0.2) is 12.3 Å². The highest BCUT2D eigenvalue weighted by Gasteiger charge is 2.41. The van der Waals surface area contributed by atoms with Crippen molar-refractivity contribution in [1.82, 2.24) is 10.6 Å². The van der Waals surface area contributed by atoms with E-state index in [9.17, 15) is 4.79 Å².